The summed E-state index contributed by atoms with van der Waals surface area (Å²) >= 11 is 0. The number of carbonyl (C=O) groups is 1. The van der Waals surface area contributed by atoms with Gasteiger partial charge in [-0.2, -0.15) is 9.67 Å². The molecule has 0 aliphatic rings. The van der Waals surface area contributed by atoms with Crippen molar-refractivity contribution in [1.29, 1.82) is 0 Å². The zero-order chi connectivity index (χ0) is 17.4. The Morgan fingerprint density at radius 2 is 2.08 bits per heavy atom. The number of aromatic nitrogens is 7. The van der Waals surface area contributed by atoms with Crippen LogP contribution < -0.4 is 5.56 Å². The van der Waals surface area contributed by atoms with Crippen LogP contribution in [0.2, 0.25) is 0 Å². The molecule has 124 valence electrons. The van der Waals surface area contributed by atoms with E-state index in [0.717, 1.165) is 10.4 Å². The van der Waals surface area contributed by atoms with Crippen molar-refractivity contribution in [1.82, 2.24) is 34.6 Å². The quantitative estimate of drug-likeness (QED) is 0.492. The van der Waals surface area contributed by atoms with Crippen LogP contribution in [-0.2, 0) is 11.5 Å². The third-order valence-corrected chi connectivity index (χ3v) is 3.56. The van der Waals surface area contributed by atoms with E-state index in [4.69, 9.17) is 4.74 Å². The molecule has 0 aliphatic heterocycles. The van der Waals surface area contributed by atoms with Crippen LogP contribution in [0.5, 0.6) is 0 Å². The summed E-state index contributed by atoms with van der Waals surface area (Å²) < 4.78 is 7.46. The summed E-state index contributed by atoms with van der Waals surface area (Å²) in [6.45, 7) is 1.42. The smallest absolute Gasteiger partial charge is 0.380 e. The standard InChI is InChI=1S/C15H11N7O3/c1-9-6-7-16-15-17-12(19-22(9)15)14(24)25-8-21-13(23)10-4-2-3-5-11(10)18-20-21/h2-7H,8H2,1H3. The lowest BCUT2D eigenvalue weighted by atomic mass is 10.2. The average molecular weight is 337 g/mol. The van der Waals surface area contributed by atoms with Gasteiger partial charge in [-0.3, -0.25) is 4.79 Å². The van der Waals surface area contributed by atoms with E-state index in [0.29, 0.717) is 10.9 Å². The molecule has 1 aromatic carbocycles. The maximum Gasteiger partial charge on any atom is 0.380 e. The van der Waals surface area contributed by atoms with Crippen molar-refractivity contribution in [2.75, 3.05) is 0 Å². The summed E-state index contributed by atoms with van der Waals surface area (Å²) in [6, 6.07) is 8.52. The lowest BCUT2D eigenvalue weighted by molar-refractivity contribution is 0.0322. The van der Waals surface area contributed by atoms with Crippen LogP contribution in [0.15, 0.2) is 41.3 Å². The highest BCUT2D eigenvalue weighted by molar-refractivity contribution is 5.85. The van der Waals surface area contributed by atoms with Crippen LogP contribution in [0.3, 0.4) is 0 Å². The second kappa shape index (κ2) is 5.74. The van der Waals surface area contributed by atoms with Crippen LogP contribution in [0.1, 0.15) is 16.3 Å². The van der Waals surface area contributed by atoms with Gasteiger partial charge < -0.3 is 4.74 Å². The van der Waals surface area contributed by atoms with E-state index in [1.807, 2.05) is 6.92 Å². The summed E-state index contributed by atoms with van der Waals surface area (Å²) in [6.07, 6.45) is 1.57. The molecule has 0 saturated carbocycles. The molecule has 0 amide bonds. The Morgan fingerprint density at radius 1 is 1.24 bits per heavy atom. The number of hydrogen-bond acceptors (Lipinski definition) is 8. The minimum atomic E-state index is -0.785. The number of nitrogens with zero attached hydrogens (tertiary/aromatic N) is 7. The number of rotatable bonds is 3. The van der Waals surface area contributed by atoms with Crippen molar-refractivity contribution in [3.8, 4) is 0 Å². The third-order valence-electron chi connectivity index (χ3n) is 3.56. The first-order chi connectivity index (χ1) is 12.1. The van der Waals surface area contributed by atoms with E-state index in [9.17, 15) is 9.59 Å². The molecule has 0 aliphatic carbocycles. The number of esters is 1. The molecule has 0 N–H and O–H groups in total. The lowest BCUT2D eigenvalue weighted by Crippen LogP contribution is -2.26. The van der Waals surface area contributed by atoms with Crippen molar-refractivity contribution >= 4 is 22.6 Å². The van der Waals surface area contributed by atoms with Gasteiger partial charge in [-0.05, 0) is 25.1 Å². The minimum absolute atomic E-state index is 0.149. The minimum Gasteiger partial charge on any atom is -0.436 e. The number of aryl methyl sites for hydroxylation is 1. The lowest BCUT2D eigenvalue weighted by Gasteiger charge is -2.04. The van der Waals surface area contributed by atoms with Gasteiger partial charge in [0.05, 0.1) is 5.39 Å². The van der Waals surface area contributed by atoms with E-state index < -0.39 is 18.3 Å². The van der Waals surface area contributed by atoms with Gasteiger partial charge in [0.25, 0.3) is 17.2 Å². The summed E-state index contributed by atoms with van der Waals surface area (Å²) in [5, 5.41) is 12.1. The largest absolute Gasteiger partial charge is 0.436 e. The number of benzene rings is 1. The fraction of sp³-hybridized carbons (Fsp3) is 0.133. The molecule has 0 saturated heterocycles. The van der Waals surface area contributed by atoms with Gasteiger partial charge in [0.2, 0.25) is 0 Å². The van der Waals surface area contributed by atoms with Crippen molar-refractivity contribution in [3.63, 3.8) is 0 Å². The molecule has 0 atom stereocenters. The van der Waals surface area contributed by atoms with Crippen molar-refractivity contribution in [2.45, 2.75) is 13.7 Å². The van der Waals surface area contributed by atoms with Gasteiger partial charge in [-0.25, -0.2) is 14.3 Å². The fourth-order valence-electron chi connectivity index (χ4n) is 2.29. The van der Waals surface area contributed by atoms with E-state index in [-0.39, 0.29) is 11.6 Å². The highest BCUT2D eigenvalue weighted by Crippen LogP contribution is 2.05. The summed E-state index contributed by atoms with van der Waals surface area (Å²) in [5.41, 5.74) is 0.839. The van der Waals surface area contributed by atoms with Crippen LogP contribution in [-0.4, -0.2) is 40.5 Å². The molecule has 10 heteroatoms. The SMILES string of the molecule is Cc1ccnc2nc(C(=O)OCn3nnc4ccccc4c3=O)nn12. The third kappa shape index (κ3) is 2.59. The van der Waals surface area contributed by atoms with Gasteiger partial charge in [0.1, 0.15) is 5.52 Å². The molecule has 3 aromatic heterocycles. The van der Waals surface area contributed by atoms with Crippen LogP contribution >= 0.6 is 0 Å². The van der Waals surface area contributed by atoms with Gasteiger partial charge in [-0.15, -0.1) is 10.2 Å². The predicted molar refractivity (Wildman–Crippen MR) is 84.7 cm³/mol. The average Bonchev–Trinajstić information content (AvgIpc) is 3.07. The molecular formula is C15H11N7O3. The number of ether oxygens (including phenoxy) is 1. The fourth-order valence-corrected chi connectivity index (χ4v) is 2.29. The zero-order valence-corrected chi connectivity index (χ0v) is 13.0. The first-order valence-corrected chi connectivity index (χ1v) is 7.31. The first kappa shape index (κ1) is 14.9. The molecule has 0 radical (unpaired) electrons. The monoisotopic (exact) mass is 337 g/mol. The molecule has 25 heavy (non-hydrogen) atoms. The normalized spacial score (nSPS) is 11.1. The van der Waals surface area contributed by atoms with Crippen molar-refractivity contribution in [2.24, 2.45) is 0 Å². The Bertz CT molecular complexity index is 1160. The second-order valence-electron chi connectivity index (χ2n) is 5.21. The second-order valence-corrected chi connectivity index (χ2v) is 5.21. The summed E-state index contributed by atoms with van der Waals surface area (Å²) in [5.74, 6) is -0.648. The maximum absolute atomic E-state index is 12.3. The van der Waals surface area contributed by atoms with Crippen LogP contribution in [0, 0.1) is 6.92 Å². The molecule has 0 bridgehead atoms. The molecular weight excluding hydrogens is 326 g/mol. The molecule has 4 aromatic rings. The highest BCUT2D eigenvalue weighted by atomic mass is 16.5. The summed E-state index contributed by atoms with van der Waals surface area (Å²) in [7, 11) is 0. The number of hydrogen-bond donors (Lipinski definition) is 0. The number of fused-ring (bicyclic) bond motifs is 2. The Labute approximate surface area is 139 Å². The van der Waals surface area contributed by atoms with Gasteiger partial charge >= 0.3 is 5.97 Å². The highest BCUT2D eigenvalue weighted by Gasteiger charge is 2.16. The Hall–Kier alpha value is -3.69. The van der Waals surface area contributed by atoms with Crippen molar-refractivity contribution < 1.29 is 9.53 Å². The zero-order valence-electron chi connectivity index (χ0n) is 13.0. The Kier molecular flexibility index (Phi) is 3.42. The molecule has 4 rings (SSSR count). The van der Waals surface area contributed by atoms with E-state index in [1.165, 1.54) is 4.52 Å². The maximum atomic E-state index is 12.3. The van der Waals surface area contributed by atoms with Crippen LogP contribution in [0.4, 0.5) is 0 Å². The summed E-state index contributed by atoms with van der Waals surface area (Å²) in [4.78, 5) is 32.4. The van der Waals surface area contributed by atoms with Crippen molar-refractivity contribution in [3.05, 3.63) is 58.4 Å². The predicted octanol–water partition coefficient (Wildman–Crippen LogP) is 0.352. The van der Waals surface area contributed by atoms with E-state index in [2.05, 4.69) is 25.4 Å². The molecule has 0 fully saturated rings. The Morgan fingerprint density at radius 3 is 2.92 bits per heavy atom. The molecule has 0 unspecified atom stereocenters. The van der Waals surface area contributed by atoms with Gasteiger partial charge in [0, 0.05) is 11.9 Å². The van der Waals surface area contributed by atoms with Gasteiger partial charge in [0.15, 0.2) is 6.73 Å². The van der Waals surface area contributed by atoms with E-state index in [1.54, 1.807) is 36.5 Å². The molecule has 0 spiro atoms. The Balaban J connectivity index is 1.58. The first-order valence-electron chi connectivity index (χ1n) is 7.31. The number of carbonyl (C=O) groups excluding carboxylic acids is 1. The van der Waals surface area contributed by atoms with Crippen LogP contribution in [0.25, 0.3) is 16.7 Å². The topological polar surface area (TPSA) is 117 Å². The molecule has 10 nitrogen and oxygen atoms in total. The van der Waals surface area contributed by atoms with E-state index >= 15 is 0 Å². The molecule has 3 heterocycles. The van der Waals surface area contributed by atoms with Gasteiger partial charge in [-0.1, -0.05) is 17.3 Å².